The molecule has 1 aliphatic rings. The molecule has 176 valence electrons. The minimum atomic E-state index is -1.79. The van der Waals surface area contributed by atoms with E-state index in [0.717, 1.165) is 22.3 Å². The Hall–Kier alpha value is -3.39. The second-order valence-corrected chi connectivity index (χ2v) is 8.87. The number of aliphatic hydroxyl groups is 1. The molecule has 0 radical (unpaired) electrons. The fraction of sp³-hybridized carbons (Fsp3) is 0.400. The van der Waals surface area contributed by atoms with Gasteiger partial charge in [-0.15, -0.1) is 0 Å². The Morgan fingerprint density at radius 1 is 1.03 bits per heavy atom. The second kappa shape index (κ2) is 10.0. The molecule has 0 spiro atoms. The lowest BCUT2D eigenvalue weighted by molar-refractivity contribution is -0.148. The summed E-state index contributed by atoms with van der Waals surface area (Å²) in [6.45, 7) is 4.30. The lowest BCUT2D eigenvalue weighted by Crippen LogP contribution is -2.56. The fourth-order valence-corrected chi connectivity index (χ4v) is 3.96. The average Bonchev–Trinajstić information content (AvgIpc) is 3.10. The van der Waals surface area contributed by atoms with Crippen molar-refractivity contribution in [2.75, 3.05) is 13.2 Å². The first kappa shape index (κ1) is 24.3. The van der Waals surface area contributed by atoms with Crippen LogP contribution in [0.5, 0.6) is 0 Å². The summed E-state index contributed by atoms with van der Waals surface area (Å²) in [4.78, 5) is 36.3. The zero-order valence-electron chi connectivity index (χ0n) is 19.0. The summed E-state index contributed by atoms with van der Waals surface area (Å²) >= 11 is 0. The van der Waals surface area contributed by atoms with E-state index in [2.05, 4.69) is 22.8 Å². The topological polar surface area (TPSA) is 125 Å². The van der Waals surface area contributed by atoms with Crippen LogP contribution < -0.4 is 10.6 Å². The number of aliphatic hydroxyl groups excluding tert-OH is 1. The lowest BCUT2D eigenvalue weighted by Gasteiger charge is -2.27. The van der Waals surface area contributed by atoms with Gasteiger partial charge >= 0.3 is 12.1 Å². The highest BCUT2D eigenvalue weighted by Crippen LogP contribution is 2.44. The summed E-state index contributed by atoms with van der Waals surface area (Å²) in [6.07, 6.45) is -0.795. The van der Waals surface area contributed by atoms with E-state index in [1.54, 1.807) is 0 Å². The van der Waals surface area contributed by atoms with E-state index in [1.807, 2.05) is 50.2 Å². The first-order valence-corrected chi connectivity index (χ1v) is 10.9. The van der Waals surface area contributed by atoms with E-state index in [-0.39, 0.29) is 24.9 Å². The number of carboxylic acids is 1. The molecule has 0 aromatic heterocycles. The maximum atomic E-state index is 12.6. The summed E-state index contributed by atoms with van der Waals surface area (Å²) in [7, 11) is 0. The van der Waals surface area contributed by atoms with Crippen LogP contribution in [0.4, 0.5) is 4.79 Å². The predicted octanol–water partition coefficient (Wildman–Crippen LogP) is 2.89. The number of carbonyl (C=O) groups excluding carboxylic acids is 2. The molecule has 8 heteroatoms. The Labute approximate surface area is 193 Å². The fourth-order valence-electron chi connectivity index (χ4n) is 3.96. The van der Waals surface area contributed by atoms with E-state index >= 15 is 0 Å². The van der Waals surface area contributed by atoms with Crippen LogP contribution in [-0.2, 0) is 14.3 Å². The molecule has 2 amide bonds. The number of nitrogens with one attached hydrogen (secondary N) is 2. The third kappa shape index (κ3) is 5.34. The normalized spacial score (nSPS) is 15.2. The van der Waals surface area contributed by atoms with Crippen LogP contribution in [0.15, 0.2) is 48.5 Å². The molecule has 0 saturated heterocycles. The Bertz CT molecular complexity index is 992. The first-order chi connectivity index (χ1) is 15.7. The third-order valence-electron chi connectivity index (χ3n) is 6.06. The van der Waals surface area contributed by atoms with Gasteiger partial charge in [0.25, 0.3) is 0 Å². The van der Waals surface area contributed by atoms with Crippen LogP contribution in [0.2, 0.25) is 0 Å². The highest BCUT2D eigenvalue weighted by molar-refractivity contribution is 5.87. The molecule has 3 rings (SSSR count). The Kier molecular flexibility index (Phi) is 7.38. The standard InChI is InChI=1S/C25H30N2O6/c1-15(2)21(12-22(29)27-25(3,14-28)23(30)31)26-24(32)33-13-20-18-10-6-4-8-16(18)17-9-5-7-11-19(17)20/h4-11,15,20-21,28H,12-14H2,1-3H3,(H,26,32)(H,27,29)(H,30,31)/t21-,25?/m1/s1. The van der Waals surface area contributed by atoms with E-state index < -0.39 is 36.2 Å². The van der Waals surface area contributed by atoms with Gasteiger partial charge in [0, 0.05) is 18.4 Å². The minimum Gasteiger partial charge on any atom is -0.479 e. The number of hydrogen-bond donors (Lipinski definition) is 4. The van der Waals surface area contributed by atoms with Crippen molar-refractivity contribution in [3.63, 3.8) is 0 Å². The van der Waals surface area contributed by atoms with Crippen LogP contribution in [0.1, 0.15) is 44.2 Å². The summed E-state index contributed by atoms with van der Waals surface area (Å²) < 4.78 is 5.55. The molecule has 0 saturated carbocycles. The molecule has 33 heavy (non-hydrogen) atoms. The van der Waals surface area contributed by atoms with E-state index in [0.29, 0.717) is 0 Å². The molecule has 0 fully saturated rings. The van der Waals surface area contributed by atoms with Crippen molar-refractivity contribution < 1.29 is 29.3 Å². The molecule has 2 aromatic rings. The molecular weight excluding hydrogens is 424 g/mol. The van der Waals surface area contributed by atoms with Gasteiger partial charge < -0.3 is 25.6 Å². The van der Waals surface area contributed by atoms with Crippen LogP contribution in [0.3, 0.4) is 0 Å². The van der Waals surface area contributed by atoms with Gasteiger partial charge in [0.15, 0.2) is 5.54 Å². The number of rotatable bonds is 9. The molecule has 2 aromatic carbocycles. The Balaban J connectivity index is 1.62. The highest BCUT2D eigenvalue weighted by atomic mass is 16.5. The lowest BCUT2D eigenvalue weighted by atomic mass is 9.98. The summed E-state index contributed by atoms with van der Waals surface area (Å²) in [5.74, 6) is -2.12. The number of fused-ring (bicyclic) bond motifs is 3. The quantitative estimate of drug-likeness (QED) is 0.462. The number of ether oxygens (including phenoxy) is 1. The smallest absolute Gasteiger partial charge is 0.407 e. The van der Waals surface area contributed by atoms with Crippen molar-refractivity contribution in [1.29, 1.82) is 0 Å². The Morgan fingerprint density at radius 3 is 2.06 bits per heavy atom. The van der Waals surface area contributed by atoms with Crippen LogP contribution in [-0.4, -0.2) is 53.0 Å². The van der Waals surface area contributed by atoms with Gasteiger partial charge in [0.2, 0.25) is 5.91 Å². The molecular formula is C25H30N2O6. The molecule has 0 heterocycles. The number of carboxylic acid groups (broad SMARTS) is 1. The van der Waals surface area contributed by atoms with Crippen molar-refractivity contribution in [1.82, 2.24) is 10.6 Å². The van der Waals surface area contributed by atoms with Gasteiger partial charge in [-0.1, -0.05) is 62.4 Å². The monoisotopic (exact) mass is 454 g/mol. The number of amides is 2. The summed E-state index contributed by atoms with van der Waals surface area (Å²) in [6, 6.07) is 15.5. The minimum absolute atomic E-state index is 0.0789. The first-order valence-electron chi connectivity index (χ1n) is 10.9. The molecule has 0 aliphatic heterocycles. The SMILES string of the molecule is CC(C)[C@@H](CC(=O)NC(C)(CO)C(=O)O)NC(=O)OCC1c2ccccc2-c2ccccc21. The molecule has 1 unspecified atom stereocenters. The Morgan fingerprint density at radius 2 is 1.58 bits per heavy atom. The van der Waals surface area contributed by atoms with Crippen molar-refractivity contribution in [2.45, 2.75) is 44.7 Å². The summed E-state index contributed by atoms with van der Waals surface area (Å²) in [5.41, 5.74) is 2.67. The second-order valence-electron chi connectivity index (χ2n) is 8.87. The van der Waals surface area contributed by atoms with Crippen molar-refractivity contribution in [3.8, 4) is 11.1 Å². The number of aliphatic carboxylic acids is 1. The number of hydrogen-bond acceptors (Lipinski definition) is 5. The zero-order chi connectivity index (χ0) is 24.2. The van der Waals surface area contributed by atoms with Gasteiger partial charge in [-0.25, -0.2) is 9.59 Å². The van der Waals surface area contributed by atoms with Crippen LogP contribution >= 0.6 is 0 Å². The number of carbonyl (C=O) groups is 3. The number of alkyl carbamates (subject to hydrolysis) is 1. The maximum absolute atomic E-state index is 12.6. The van der Waals surface area contributed by atoms with Crippen LogP contribution in [0, 0.1) is 5.92 Å². The van der Waals surface area contributed by atoms with E-state index in [1.165, 1.54) is 6.92 Å². The maximum Gasteiger partial charge on any atom is 0.407 e. The third-order valence-corrected chi connectivity index (χ3v) is 6.06. The number of benzene rings is 2. The molecule has 1 aliphatic carbocycles. The van der Waals surface area contributed by atoms with E-state index in [4.69, 9.17) is 4.74 Å². The molecule has 0 bridgehead atoms. The van der Waals surface area contributed by atoms with Gasteiger partial charge in [-0.05, 0) is 35.1 Å². The molecule has 8 nitrogen and oxygen atoms in total. The van der Waals surface area contributed by atoms with Crippen molar-refractivity contribution >= 4 is 18.0 Å². The largest absolute Gasteiger partial charge is 0.479 e. The molecule has 2 atom stereocenters. The predicted molar refractivity (Wildman–Crippen MR) is 123 cm³/mol. The average molecular weight is 455 g/mol. The van der Waals surface area contributed by atoms with Gasteiger partial charge in [0.05, 0.1) is 6.61 Å². The highest BCUT2D eigenvalue weighted by Gasteiger charge is 2.35. The molecule has 4 N–H and O–H groups in total. The van der Waals surface area contributed by atoms with Gasteiger partial charge in [-0.3, -0.25) is 4.79 Å². The van der Waals surface area contributed by atoms with Gasteiger partial charge in [-0.2, -0.15) is 0 Å². The van der Waals surface area contributed by atoms with Gasteiger partial charge in [0.1, 0.15) is 6.61 Å². The van der Waals surface area contributed by atoms with Crippen molar-refractivity contribution in [2.24, 2.45) is 5.92 Å². The zero-order valence-corrected chi connectivity index (χ0v) is 19.0. The van der Waals surface area contributed by atoms with Crippen LogP contribution in [0.25, 0.3) is 11.1 Å². The van der Waals surface area contributed by atoms with E-state index in [9.17, 15) is 24.6 Å². The van der Waals surface area contributed by atoms with Crippen molar-refractivity contribution in [3.05, 3.63) is 59.7 Å². The summed E-state index contributed by atoms with van der Waals surface area (Å²) in [5, 5.41) is 23.6.